The van der Waals surface area contributed by atoms with Crippen molar-refractivity contribution in [3.05, 3.63) is 41.9 Å². The number of carbonyl (C=O) groups excluding carboxylic acids is 1. The molecule has 2 aromatic rings. The number of rotatable bonds is 3. The Balaban J connectivity index is 1.40. The zero-order chi connectivity index (χ0) is 19.5. The predicted molar refractivity (Wildman–Crippen MR) is 98.6 cm³/mol. The lowest BCUT2D eigenvalue weighted by Gasteiger charge is -2.34. The Morgan fingerprint density at radius 3 is 2.71 bits per heavy atom. The molecule has 2 aliphatic heterocycles. The number of hydrogen-bond donors (Lipinski definition) is 0. The molecule has 0 unspecified atom stereocenters. The first kappa shape index (κ1) is 18.3. The first-order valence-corrected chi connectivity index (χ1v) is 9.37. The van der Waals surface area contributed by atoms with Gasteiger partial charge < -0.3 is 4.90 Å². The average Bonchev–Trinajstić information content (AvgIpc) is 3.24. The van der Waals surface area contributed by atoms with Crippen LogP contribution in [0.2, 0.25) is 0 Å². The van der Waals surface area contributed by atoms with E-state index >= 15 is 0 Å². The molecule has 0 spiro atoms. The van der Waals surface area contributed by atoms with Gasteiger partial charge >= 0.3 is 0 Å². The van der Waals surface area contributed by atoms with Gasteiger partial charge in [-0.25, -0.2) is 15.0 Å². The molecule has 0 radical (unpaired) electrons. The maximum Gasteiger partial charge on any atom is 0.250 e. The Morgan fingerprint density at radius 1 is 1.18 bits per heavy atom. The zero-order valence-electron chi connectivity index (χ0n) is 15.7. The molecule has 2 aromatic heterocycles. The number of carbonyl (C=O) groups is 1. The summed E-state index contributed by atoms with van der Waals surface area (Å²) in [7, 11) is 0. The Labute approximate surface area is 163 Å². The van der Waals surface area contributed by atoms with Gasteiger partial charge in [0.25, 0.3) is 0 Å². The van der Waals surface area contributed by atoms with Crippen molar-refractivity contribution >= 4 is 11.7 Å². The maximum absolute atomic E-state index is 13.1. The Morgan fingerprint density at radius 2 is 2.00 bits per heavy atom. The van der Waals surface area contributed by atoms with Gasteiger partial charge in [0.2, 0.25) is 5.91 Å². The predicted octanol–water partition coefficient (Wildman–Crippen LogP) is 1.57. The van der Waals surface area contributed by atoms with Crippen LogP contribution < -0.4 is 4.90 Å². The average molecular weight is 379 g/mol. The van der Waals surface area contributed by atoms with Crippen LogP contribution in [-0.4, -0.2) is 50.6 Å². The highest BCUT2D eigenvalue weighted by Gasteiger charge is 2.37. The molecular formula is C19H21N7O2. The van der Waals surface area contributed by atoms with E-state index in [1.54, 1.807) is 18.5 Å². The smallest absolute Gasteiger partial charge is 0.250 e. The van der Waals surface area contributed by atoms with Crippen LogP contribution in [0.3, 0.4) is 0 Å². The normalized spacial score (nSPS) is 20.2. The van der Waals surface area contributed by atoms with Crippen LogP contribution in [0.5, 0.6) is 0 Å². The highest BCUT2D eigenvalue weighted by molar-refractivity contribution is 5.78. The van der Waals surface area contributed by atoms with E-state index in [1.165, 1.54) is 11.4 Å². The number of piperidine rings is 1. The third-order valence-electron chi connectivity index (χ3n) is 5.20. The molecule has 0 aliphatic carbocycles. The lowest BCUT2D eigenvalue weighted by Crippen LogP contribution is -2.42. The monoisotopic (exact) mass is 379 g/mol. The summed E-state index contributed by atoms with van der Waals surface area (Å²) < 4.78 is 0. The van der Waals surface area contributed by atoms with E-state index in [2.05, 4.69) is 24.8 Å². The first-order valence-electron chi connectivity index (χ1n) is 9.37. The van der Waals surface area contributed by atoms with E-state index in [0.29, 0.717) is 38.2 Å². The molecule has 4 rings (SSSR count). The van der Waals surface area contributed by atoms with Crippen LogP contribution in [0.4, 0.5) is 5.82 Å². The summed E-state index contributed by atoms with van der Waals surface area (Å²) in [5.41, 5.74) is 1.95. The van der Waals surface area contributed by atoms with Gasteiger partial charge in [0.1, 0.15) is 30.0 Å². The van der Waals surface area contributed by atoms with Gasteiger partial charge in [-0.1, -0.05) is 0 Å². The van der Waals surface area contributed by atoms with Crippen molar-refractivity contribution < 1.29 is 9.63 Å². The van der Waals surface area contributed by atoms with Crippen molar-refractivity contribution in [3.63, 3.8) is 0 Å². The highest BCUT2D eigenvalue weighted by Crippen LogP contribution is 2.32. The van der Waals surface area contributed by atoms with Gasteiger partial charge in [-0.2, -0.15) is 5.26 Å². The van der Waals surface area contributed by atoms with E-state index in [-0.39, 0.29) is 17.9 Å². The number of anilines is 1. The summed E-state index contributed by atoms with van der Waals surface area (Å²) >= 11 is 0. The number of amides is 1. The van der Waals surface area contributed by atoms with Crippen molar-refractivity contribution in [2.75, 3.05) is 24.6 Å². The van der Waals surface area contributed by atoms with Crippen LogP contribution >= 0.6 is 0 Å². The van der Waals surface area contributed by atoms with Gasteiger partial charge in [-0.15, -0.1) is 0 Å². The third-order valence-corrected chi connectivity index (χ3v) is 5.20. The molecule has 0 saturated carbocycles. The molecule has 2 fully saturated rings. The number of hydrogen-bond acceptors (Lipinski definition) is 8. The summed E-state index contributed by atoms with van der Waals surface area (Å²) in [5.74, 6) is 0.625. The zero-order valence-corrected chi connectivity index (χ0v) is 15.7. The first-order chi connectivity index (χ1) is 13.7. The minimum absolute atomic E-state index is 0.00456. The second-order valence-electron chi connectivity index (χ2n) is 7.02. The summed E-state index contributed by atoms with van der Waals surface area (Å²) in [6, 6.07) is 3.52. The molecule has 0 bridgehead atoms. The van der Waals surface area contributed by atoms with Gasteiger partial charge in [0.05, 0.1) is 24.2 Å². The van der Waals surface area contributed by atoms with Gasteiger partial charge in [-0.05, 0) is 19.8 Å². The van der Waals surface area contributed by atoms with Crippen molar-refractivity contribution in [2.45, 2.75) is 32.2 Å². The third kappa shape index (κ3) is 3.64. The molecule has 4 heterocycles. The topological polar surface area (TPSA) is 108 Å². The van der Waals surface area contributed by atoms with Crippen LogP contribution in [0, 0.1) is 24.2 Å². The fraction of sp³-hybridized carbons (Fsp3) is 0.474. The van der Waals surface area contributed by atoms with E-state index in [0.717, 1.165) is 23.6 Å². The standard InChI is InChI=1S/C19H21N7O2/c1-13-10-22-16(11-21-13)17-4-7-28-26(17)19(27)14-2-5-25(6-3-14)18-8-15(9-20)23-12-24-18/h8,10-12,14,17H,2-7H2,1H3/t17-/m0/s1. The SMILES string of the molecule is Cc1cnc([C@@H]2CCON2C(=O)C2CCN(c3cc(C#N)ncn3)CC2)cn1. The lowest BCUT2D eigenvalue weighted by molar-refractivity contribution is -0.182. The van der Waals surface area contributed by atoms with Gasteiger partial charge in [0.15, 0.2) is 0 Å². The molecule has 2 saturated heterocycles. The highest BCUT2D eigenvalue weighted by atomic mass is 16.7. The van der Waals surface area contributed by atoms with Crippen LogP contribution in [0.15, 0.2) is 24.8 Å². The number of nitrogens with zero attached hydrogens (tertiary/aromatic N) is 7. The van der Waals surface area contributed by atoms with Crippen molar-refractivity contribution in [1.29, 1.82) is 5.26 Å². The fourth-order valence-corrected chi connectivity index (χ4v) is 3.65. The fourth-order valence-electron chi connectivity index (χ4n) is 3.65. The minimum Gasteiger partial charge on any atom is -0.356 e. The second-order valence-corrected chi connectivity index (χ2v) is 7.02. The summed E-state index contributed by atoms with van der Waals surface area (Å²) in [5, 5.41) is 10.5. The Bertz CT molecular complexity index is 888. The molecule has 1 atom stereocenters. The number of nitriles is 1. The number of aryl methyl sites for hydroxylation is 1. The molecule has 1 amide bonds. The molecule has 2 aliphatic rings. The summed E-state index contributed by atoms with van der Waals surface area (Å²) in [6.07, 6.45) is 6.97. The molecule has 0 aromatic carbocycles. The van der Waals surface area contributed by atoms with Crippen LogP contribution in [-0.2, 0) is 9.63 Å². The van der Waals surface area contributed by atoms with Crippen LogP contribution in [0.1, 0.15) is 42.4 Å². The van der Waals surface area contributed by atoms with E-state index in [4.69, 9.17) is 10.1 Å². The molecule has 144 valence electrons. The molecule has 9 heteroatoms. The van der Waals surface area contributed by atoms with Crippen molar-refractivity contribution in [1.82, 2.24) is 25.0 Å². The van der Waals surface area contributed by atoms with Gasteiger partial charge in [0, 0.05) is 37.7 Å². The Hall–Kier alpha value is -3.12. The molecule has 0 N–H and O–H groups in total. The lowest BCUT2D eigenvalue weighted by atomic mass is 9.95. The summed E-state index contributed by atoms with van der Waals surface area (Å²) in [6.45, 7) is 3.78. The molecular weight excluding hydrogens is 358 g/mol. The quantitative estimate of drug-likeness (QED) is 0.791. The van der Waals surface area contributed by atoms with Crippen LogP contribution in [0.25, 0.3) is 0 Å². The van der Waals surface area contributed by atoms with Gasteiger partial charge in [-0.3, -0.25) is 19.6 Å². The Kier molecular flexibility index (Phi) is 5.12. The largest absolute Gasteiger partial charge is 0.356 e. The maximum atomic E-state index is 13.1. The second kappa shape index (κ2) is 7.86. The van der Waals surface area contributed by atoms with Crippen molar-refractivity contribution in [3.8, 4) is 6.07 Å². The summed E-state index contributed by atoms with van der Waals surface area (Å²) in [4.78, 5) is 37.7. The number of hydroxylamine groups is 2. The number of aromatic nitrogens is 4. The molecule has 9 nitrogen and oxygen atoms in total. The minimum atomic E-state index is -0.182. The van der Waals surface area contributed by atoms with E-state index in [9.17, 15) is 4.79 Å². The van der Waals surface area contributed by atoms with Crippen molar-refractivity contribution in [2.24, 2.45) is 5.92 Å². The van der Waals surface area contributed by atoms with E-state index in [1.807, 2.05) is 13.0 Å². The van der Waals surface area contributed by atoms with E-state index < -0.39 is 0 Å². The molecule has 28 heavy (non-hydrogen) atoms.